The van der Waals surface area contributed by atoms with E-state index in [1.165, 1.54) is 5.69 Å². The molecular formula is C22H30N2O4S. The highest BCUT2D eigenvalue weighted by molar-refractivity contribution is 7.89. The predicted octanol–water partition coefficient (Wildman–Crippen LogP) is 3.06. The molecule has 0 aromatic heterocycles. The lowest BCUT2D eigenvalue weighted by Crippen LogP contribution is -2.36. The predicted molar refractivity (Wildman–Crippen MR) is 115 cm³/mol. The summed E-state index contributed by atoms with van der Waals surface area (Å²) in [7, 11) is -3.56. The van der Waals surface area contributed by atoms with Crippen LogP contribution in [0.3, 0.4) is 0 Å². The van der Waals surface area contributed by atoms with E-state index in [2.05, 4.69) is 33.9 Å². The molecule has 0 bridgehead atoms. The van der Waals surface area contributed by atoms with E-state index in [9.17, 15) is 8.42 Å². The normalized spacial score (nSPS) is 14.8. The van der Waals surface area contributed by atoms with Crippen molar-refractivity contribution in [3.8, 4) is 5.75 Å². The smallest absolute Gasteiger partial charge is 0.240 e. The lowest BCUT2D eigenvalue weighted by molar-refractivity contribution is 0.122. The van der Waals surface area contributed by atoms with Crippen LogP contribution in [-0.4, -0.2) is 47.9 Å². The summed E-state index contributed by atoms with van der Waals surface area (Å²) in [6, 6.07) is 11.6. The lowest BCUT2D eigenvalue weighted by Gasteiger charge is -2.28. The zero-order valence-electron chi connectivity index (χ0n) is 17.4. The summed E-state index contributed by atoms with van der Waals surface area (Å²) in [5, 5.41) is 0. The van der Waals surface area contributed by atoms with Gasteiger partial charge in [0.05, 0.1) is 24.7 Å². The third kappa shape index (κ3) is 5.50. The minimum Gasteiger partial charge on any atom is -0.493 e. The van der Waals surface area contributed by atoms with Crippen molar-refractivity contribution in [1.82, 2.24) is 4.72 Å². The van der Waals surface area contributed by atoms with Crippen molar-refractivity contribution in [3.63, 3.8) is 0 Å². The molecule has 7 heteroatoms. The number of nitrogens with zero attached hydrogens (tertiary/aromatic N) is 1. The van der Waals surface area contributed by atoms with E-state index < -0.39 is 10.0 Å². The number of ether oxygens (including phenoxy) is 2. The molecule has 2 aromatic carbocycles. The van der Waals surface area contributed by atoms with Gasteiger partial charge in [0.15, 0.2) is 0 Å². The maximum atomic E-state index is 12.7. The van der Waals surface area contributed by atoms with E-state index in [4.69, 9.17) is 9.47 Å². The van der Waals surface area contributed by atoms with E-state index >= 15 is 0 Å². The number of sulfonamides is 1. The third-order valence-electron chi connectivity index (χ3n) is 5.05. The van der Waals surface area contributed by atoms with Gasteiger partial charge in [-0.05, 0) is 68.1 Å². The summed E-state index contributed by atoms with van der Waals surface area (Å²) in [5.74, 6) is 0.756. The molecule has 0 saturated carbocycles. The van der Waals surface area contributed by atoms with Crippen molar-refractivity contribution in [2.45, 2.75) is 32.1 Å². The van der Waals surface area contributed by atoms with Gasteiger partial charge >= 0.3 is 0 Å². The Morgan fingerprint density at radius 3 is 2.28 bits per heavy atom. The van der Waals surface area contributed by atoms with Crippen molar-refractivity contribution < 1.29 is 17.9 Å². The van der Waals surface area contributed by atoms with Crippen molar-refractivity contribution >= 4 is 15.7 Å². The molecule has 158 valence electrons. The van der Waals surface area contributed by atoms with Crippen LogP contribution in [0.25, 0.3) is 0 Å². The Balaban J connectivity index is 1.59. The molecule has 2 aromatic rings. The summed E-state index contributed by atoms with van der Waals surface area (Å²) in [4.78, 5) is 2.57. The topological polar surface area (TPSA) is 67.9 Å². The van der Waals surface area contributed by atoms with Gasteiger partial charge in [0.25, 0.3) is 0 Å². The Bertz CT molecular complexity index is 897. The largest absolute Gasteiger partial charge is 0.493 e. The first-order chi connectivity index (χ1) is 13.9. The molecule has 1 aliphatic rings. The second-order valence-electron chi connectivity index (χ2n) is 7.23. The van der Waals surface area contributed by atoms with Gasteiger partial charge in [-0.25, -0.2) is 13.1 Å². The van der Waals surface area contributed by atoms with Gasteiger partial charge < -0.3 is 14.4 Å². The summed E-state index contributed by atoms with van der Waals surface area (Å²) in [6.07, 6.45) is 0.637. The van der Waals surface area contributed by atoms with Crippen LogP contribution in [0.2, 0.25) is 0 Å². The fraction of sp³-hybridized carbons (Fsp3) is 0.455. The molecule has 29 heavy (non-hydrogen) atoms. The van der Waals surface area contributed by atoms with Gasteiger partial charge in [-0.2, -0.15) is 0 Å². The fourth-order valence-corrected chi connectivity index (χ4v) is 4.75. The lowest BCUT2D eigenvalue weighted by atomic mass is 10.1. The van der Waals surface area contributed by atoms with E-state index in [0.29, 0.717) is 19.6 Å². The van der Waals surface area contributed by atoms with E-state index in [1.54, 1.807) is 12.1 Å². The summed E-state index contributed by atoms with van der Waals surface area (Å²) in [6.45, 7) is 9.88. The Morgan fingerprint density at radius 2 is 1.69 bits per heavy atom. The van der Waals surface area contributed by atoms with Crippen LogP contribution in [0.5, 0.6) is 5.75 Å². The molecule has 0 amide bonds. The number of hydrogen-bond donors (Lipinski definition) is 1. The number of nitrogens with one attached hydrogen (secondary N) is 1. The molecule has 0 atom stereocenters. The molecule has 0 spiro atoms. The number of morpholine rings is 1. The van der Waals surface area contributed by atoms with Crippen molar-refractivity contribution in [2.75, 3.05) is 44.4 Å². The molecule has 1 fully saturated rings. The molecule has 6 nitrogen and oxygen atoms in total. The number of anilines is 1. The number of rotatable bonds is 8. The first-order valence-electron chi connectivity index (χ1n) is 10.1. The molecule has 3 rings (SSSR count). The molecule has 1 aliphatic heterocycles. The van der Waals surface area contributed by atoms with Gasteiger partial charge in [-0.3, -0.25) is 0 Å². The van der Waals surface area contributed by atoms with Crippen LogP contribution in [0, 0.1) is 13.8 Å². The Morgan fingerprint density at radius 1 is 1.07 bits per heavy atom. The van der Waals surface area contributed by atoms with Crippen LogP contribution in [0.1, 0.15) is 23.6 Å². The monoisotopic (exact) mass is 418 g/mol. The Labute approximate surface area is 173 Å². The van der Waals surface area contributed by atoms with E-state index in [-0.39, 0.29) is 4.90 Å². The first-order valence-corrected chi connectivity index (χ1v) is 11.5. The van der Waals surface area contributed by atoms with E-state index in [1.807, 2.05) is 20.8 Å². The minimum atomic E-state index is -3.56. The molecule has 1 N–H and O–H groups in total. The number of hydrogen-bond acceptors (Lipinski definition) is 5. The molecule has 0 aliphatic carbocycles. The third-order valence-corrected chi connectivity index (χ3v) is 6.49. The molecule has 0 radical (unpaired) electrons. The maximum Gasteiger partial charge on any atom is 0.240 e. The highest BCUT2D eigenvalue weighted by Crippen LogP contribution is 2.27. The average Bonchev–Trinajstić information content (AvgIpc) is 2.71. The first kappa shape index (κ1) is 21.6. The molecular weight excluding hydrogens is 388 g/mol. The highest BCUT2D eigenvalue weighted by atomic mass is 32.2. The van der Waals surface area contributed by atoms with Gasteiger partial charge in [0.1, 0.15) is 5.75 Å². The summed E-state index contributed by atoms with van der Waals surface area (Å²) < 4.78 is 39.1. The zero-order valence-corrected chi connectivity index (χ0v) is 18.2. The SMILES string of the molecule is CCOc1c(C)cc(S(=O)(=O)NCCc2ccc(N3CCOCC3)cc2)cc1C. The summed E-state index contributed by atoms with van der Waals surface area (Å²) >= 11 is 0. The van der Waals surface area contributed by atoms with Gasteiger partial charge in [0.2, 0.25) is 10.0 Å². The Kier molecular flexibility index (Phi) is 7.16. The Hall–Kier alpha value is -2.09. The van der Waals surface area contributed by atoms with Crippen LogP contribution < -0.4 is 14.4 Å². The highest BCUT2D eigenvalue weighted by Gasteiger charge is 2.17. The second kappa shape index (κ2) is 9.61. The van der Waals surface area contributed by atoms with Crippen molar-refractivity contribution in [2.24, 2.45) is 0 Å². The fourth-order valence-electron chi connectivity index (χ4n) is 3.55. The van der Waals surface area contributed by atoms with Crippen molar-refractivity contribution in [3.05, 3.63) is 53.1 Å². The van der Waals surface area contributed by atoms with Crippen LogP contribution >= 0.6 is 0 Å². The number of aryl methyl sites for hydroxylation is 2. The maximum absolute atomic E-state index is 12.7. The quantitative estimate of drug-likeness (QED) is 0.714. The van der Waals surface area contributed by atoms with Gasteiger partial charge in [0, 0.05) is 25.3 Å². The van der Waals surface area contributed by atoms with Crippen LogP contribution in [0.4, 0.5) is 5.69 Å². The standard InChI is InChI=1S/C22H30N2O4S/c1-4-28-22-17(2)15-21(16-18(22)3)29(25,26)23-10-9-19-5-7-20(8-6-19)24-11-13-27-14-12-24/h5-8,15-16,23H,4,9-14H2,1-3H3. The van der Waals surface area contributed by atoms with Crippen molar-refractivity contribution in [1.29, 1.82) is 0 Å². The number of benzene rings is 2. The minimum absolute atomic E-state index is 0.276. The van der Waals surface area contributed by atoms with E-state index in [0.717, 1.165) is 48.7 Å². The van der Waals surface area contributed by atoms with Crippen LogP contribution in [-0.2, 0) is 21.2 Å². The zero-order chi connectivity index (χ0) is 20.9. The average molecular weight is 419 g/mol. The molecule has 1 saturated heterocycles. The summed E-state index contributed by atoms with van der Waals surface area (Å²) in [5.41, 5.74) is 3.93. The van der Waals surface area contributed by atoms with Gasteiger partial charge in [-0.15, -0.1) is 0 Å². The molecule has 0 unspecified atom stereocenters. The molecule has 1 heterocycles. The van der Waals surface area contributed by atoms with Crippen LogP contribution in [0.15, 0.2) is 41.3 Å². The second-order valence-corrected chi connectivity index (χ2v) is 9.00. The van der Waals surface area contributed by atoms with Gasteiger partial charge in [-0.1, -0.05) is 12.1 Å².